The van der Waals surface area contributed by atoms with Crippen LogP contribution in [0, 0.1) is 11.6 Å². The number of benzene rings is 1. The van der Waals surface area contributed by atoms with E-state index in [-0.39, 0.29) is 17.4 Å². The summed E-state index contributed by atoms with van der Waals surface area (Å²) in [6.07, 6.45) is 3.84. The number of hydrogen-bond acceptors (Lipinski definition) is 3. The van der Waals surface area contributed by atoms with Crippen molar-refractivity contribution in [3.63, 3.8) is 0 Å². The van der Waals surface area contributed by atoms with Gasteiger partial charge in [0.25, 0.3) is 0 Å². The summed E-state index contributed by atoms with van der Waals surface area (Å²) in [4.78, 5) is 0. The lowest BCUT2D eigenvalue weighted by Gasteiger charge is -2.24. The lowest BCUT2D eigenvalue weighted by molar-refractivity contribution is 0.144. The third kappa shape index (κ3) is 2.72. The Balaban J connectivity index is 2.19. The van der Waals surface area contributed by atoms with Crippen molar-refractivity contribution in [2.24, 2.45) is 0 Å². The lowest BCUT2D eigenvalue weighted by Crippen LogP contribution is -2.33. The van der Waals surface area contributed by atoms with Gasteiger partial charge in [-0.3, -0.25) is 0 Å². The number of anilines is 2. The van der Waals surface area contributed by atoms with Gasteiger partial charge in [-0.15, -0.1) is 0 Å². The molecule has 2 atom stereocenters. The molecule has 1 fully saturated rings. The monoisotopic (exact) mass is 256 g/mol. The van der Waals surface area contributed by atoms with E-state index in [1.54, 1.807) is 0 Å². The Bertz CT molecular complexity index is 426. The third-order valence-corrected chi connectivity index (χ3v) is 3.44. The molecule has 0 radical (unpaired) electrons. The maximum atomic E-state index is 13.6. The normalized spacial score (nSPS) is 24.6. The molecule has 3 nitrogen and oxygen atoms in total. The van der Waals surface area contributed by atoms with E-state index in [1.807, 2.05) is 0 Å². The SMILES string of the molecule is Nc1ccc(F)c(F)c1NC1CCCCCC1O. The minimum atomic E-state index is -0.980. The number of aliphatic hydroxyl groups is 1. The first-order valence-corrected chi connectivity index (χ1v) is 6.27. The van der Waals surface area contributed by atoms with E-state index in [1.165, 1.54) is 6.07 Å². The molecule has 2 rings (SSSR count). The number of hydrogen-bond donors (Lipinski definition) is 3. The van der Waals surface area contributed by atoms with Crippen LogP contribution in [0.25, 0.3) is 0 Å². The molecule has 0 aromatic heterocycles. The van der Waals surface area contributed by atoms with Crippen LogP contribution in [0.15, 0.2) is 12.1 Å². The second-order valence-corrected chi connectivity index (χ2v) is 4.78. The van der Waals surface area contributed by atoms with Crippen LogP contribution >= 0.6 is 0 Å². The van der Waals surface area contributed by atoms with Crippen LogP contribution < -0.4 is 11.1 Å². The quantitative estimate of drug-likeness (QED) is 0.563. The summed E-state index contributed by atoms with van der Waals surface area (Å²) < 4.78 is 26.8. The highest BCUT2D eigenvalue weighted by Gasteiger charge is 2.23. The lowest BCUT2D eigenvalue weighted by atomic mass is 10.1. The minimum absolute atomic E-state index is 0.0408. The molecular weight excluding hydrogens is 238 g/mol. The molecule has 4 N–H and O–H groups in total. The molecule has 0 spiro atoms. The smallest absolute Gasteiger partial charge is 0.183 e. The van der Waals surface area contributed by atoms with E-state index < -0.39 is 17.7 Å². The summed E-state index contributed by atoms with van der Waals surface area (Å²) in [6, 6.07) is 2.05. The van der Waals surface area contributed by atoms with Gasteiger partial charge >= 0.3 is 0 Å². The molecule has 18 heavy (non-hydrogen) atoms. The average molecular weight is 256 g/mol. The molecule has 0 saturated heterocycles. The molecule has 5 heteroatoms. The first kappa shape index (κ1) is 13.1. The van der Waals surface area contributed by atoms with Gasteiger partial charge in [-0.1, -0.05) is 19.3 Å². The van der Waals surface area contributed by atoms with Gasteiger partial charge in [0, 0.05) is 0 Å². The average Bonchev–Trinajstić information content (AvgIpc) is 2.55. The van der Waals surface area contributed by atoms with Crippen molar-refractivity contribution in [3.05, 3.63) is 23.8 Å². The standard InChI is InChI=1S/C13H18F2N2O/c14-8-6-7-9(16)13(12(8)15)17-10-4-2-1-3-5-11(10)18/h6-7,10-11,17-18H,1-5,16H2. The van der Waals surface area contributed by atoms with Crippen LogP contribution in [0.5, 0.6) is 0 Å². The minimum Gasteiger partial charge on any atom is -0.397 e. The first-order chi connectivity index (χ1) is 8.59. The van der Waals surface area contributed by atoms with Crippen LogP contribution in [0.3, 0.4) is 0 Å². The molecule has 0 aliphatic heterocycles. The molecule has 100 valence electrons. The van der Waals surface area contributed by atoms with E-state index in [0.717, 1.165) is 31.7 Å². The number of nitrogens with one attached hydrogen (secondary N) is 1. The summed E-state index contributed by atoms with van der Waals surface area (Å²) in [5.74, 6) is -1.92. The zero-order valence-corrected chi connectivity index (χ0v) is 10.1. The van der Waals surface area contributed by atoms with Gasteiger partial charge < -0.3 is 16.2 Å². The Hall–Kier alpha value is -1.36. The van der Waals surface area contributed by atoms with Crippen molar-refractivity contribution in [3.8, 4) is 0 Å². The largest absolute Gasteiger partial charge is 0.397 e. The fraction of sp³-hybridized carbons (Fsp3) is 0.538. The number of nitrogens with two attached hydrogens (primary N) is 1. The van der Waals surface area contributed by atoms with Gasteiger partial charge in [0.15, 0.2) is 11.6 Å². The number of rotatable bonds is 2. The molecular formula is C13H18F2N2O. The van der Waals surface area contributed by atoms with E-state index in [4.69, 9.17) is 5.73 Å². The Labute approximate surface area is 105 Å². The highest BCUT2D eigenvalue weighted by atomic mass is 19.2. The molecule has 2 unspecified atom stereocenters. The van der Waals surface area contributed by atoms with Gasteiger partial charge in [-0.2, -0.15) is 0 Å². The van der Waals surface area contributed by atoms with E-state index in [9.17, 15) is 13.9 Å². The summed E-state index contributed by atoms with van der Waals surface area (Å²) >= 11 is 0. The summed E-state index contributed by atoms with van der Waals surface area (Å²) in [5, 5.41) is 12.8. The first-order valence-electron chi connectivity index (χ1n) is 6.27. The van der Waals surface area contributed by atoms with Gasteiger partial charge in [0.2, 0.25) is 0 Å². The van der Waals surface area contributed by atoms with Crippen molar-refractivity contribution in [1.82, 2.24) is 0 Å². The predicted molar refractivity (Wildman–Crippen MR) is 67.3 cm³/mol. The number of nitrogen functional groups attached to an aromatic ring is 1. The zero-order valence-electron chi connectivity index (χ0n) is 10.1. The Morgan fingerprint density at radius 1 is 1.17 bits per heavy atom. The van der Waals surface area contributed by atoms with Crippen molar-refractivity contribution in [1.29, 1.82) is 0 Å². The molecule has 0 amide bonds. The van der Waals surface area contributed by atoms with E-state index >= 15 is 0 Å². The third-order valence-electron chi connectivity index (χ3n) is 3.44. The second kappa shape index (κ2) is 5.52. The number of aliphatic hydroxyl groups excluding tert-OH is 1. The predicted octanol–water partition coefficient (Wildman–Crippen LogP) is 2.65. The Morgan fingerprint density at radius 2 is 1.89 bits per heavy atom. The summed E-state index contributed by atoms with van der Waals surface area (Å²) in [6.45, 7) is 0. The molecule has 1 aliphatic carbocycles. The van der Waals surface area contributed by atoms with Crippen molar-refractivity contribution in [2.45, 2.75) is 44.2 Å². The Morgan fingerprint density at radius 3 is 2.67 bits per heavy atom. The number of halogens is 2. The zero-order chi connectivity index (χ0) is 13.1. The highest BCUT2D eigenvalue weighted by molar-refractivity contribution is 5.67. The molecule has 0 heterocycles. The van der Waals surface area contributed by atoms with Gasteiger partial charge in [-0.25, -0.2) is 8.78 Å². The molecule has 1 saturated carbocycles. The summed E-state index contributed by atoms with van der Waals surface area (Å²) in [7, 11) is 0. The molecule has 1 aromatic rings. The Kier molecular flexibility index (Phi) is 4.01. The van der Waals surface area contributed by atoms with E-state index in [2.05, 4.69) is 5.32 Å². The summed E-state index contributed by atoms with van der Waals surface area (Å²) in [5.41, 5.74) is 5.76. The van der Waals surface area contributed by atoms with Crippen LogP contribution in [0.2, 0.25) is 0 Å². The van der Waals surface area contributed by atoms with Crippen molar-refractivity contribution < 1.29 is 13.9 Å². The van der Waals surface area contributed by atoms with Crippen LogP contribution in [-0.2, 0) is 0 Å². The van der Waals surface area contributed by atoms with Gasteiger partial charge in [0.05, 0.1) is 23.5 Å². The second-order valence-electron chi connectivity index (χ2n) is 4.78. The topological polar surface area (TPSA) is 58.3 Å². The fourth-order valence-corrected chi connectivity index (χ4v) is 2.35. The van der Waals surface area contributed by atoms with Crippen molar-refractivity contribution >= 4 is 11.4 Å². The molecule has 0 bridgehead atoms. The fourth-order valence-electron chi connectivity index (χ4n) is 2.35. The van der Waals surface area contributed by atoms with Gasteiger partial charge in [0.1, 0.15) is 0 Å². The molecule has 1 aliphatic rings. The van der Waals surface area contributed by atoms with Crippen LogP contribution in [-0.4, -0.2) is 17.3 Å². The van der Waals surface area contributed by atoms with E-state index in [0.29, 0.717) is 6.42 Å². The van der Waals surface area contributed by atoms with Gasteiger partial charge in [-0.05, 0) is 25.0 Å². The maximum Gasteiger partial charge on any atom is 0.183 e. The maximum absolute atomic E-state index is 13.6. The van der Waals surface area contributed by atoms with Crippen LogP contribution in [0.1, 0.15) is 32.1 Å². The van der Waals surface area contributed by atoms with Crippen LogP contribution in [0.4, 0.5) is 20.2 Å². The molecule has 1 aromatic carbocycles. The van der Waals surface area contributed by atoms with Crippen molar-refractivity contribution in [2.75, 3.05) is 11.1 Å². The highest BCUT2D eigenvalue weighted by Crippen LogP contribution is 2.28.